The monoisotopic (exact) mass is 715 g/mol. The Kier molecular flexibility index (Phi) is 11.5. The summed E-state index contributed by atoms with van der Waals surface area (Å²) in [6, 6.07) is 13.4. The number of rotatable bonds is 9. The Hall–Kier alpha value is -3.22. The van der Waals surface area contributed by atoms with Gasteiger partial charge in [-0.2, -0.15) is 0 Å². The maximum atomic E-state index is 15.0. The van der Waals surface area contributed by atoms with Gasteiger partial charge in [0, 0.05) is 25.3 Å². The molecule has 2 heterocycles. The fourth-order valence-electron chi connectivity index (χ4n) is 5.62. The average Bonchev–Trinajstić information content (AvgIpc) is 2.97. The number of benzene rings is 2. The topological polar surface area (TPSA) is 107 Å². The van der Waals surface area contributed by atoms with E-state index in [2.05, 4.69) is 43.6 Å². The van der Waals surface area contributed by atoms with Crippen LogP contribution < -0.4 is 4.72 Å². The Labute approximate surface area is 293 Å². The number of sulfonamides is 1. The molecule has 1 saturated heterocycles. The normalized spacial score (nSPS) is 21.0. The summed E-state index contributed by atoms with van der Waals surface area (Å²) in [5.74, 6) is -0.423. The highest BCUT2D eigenvalue weighted by molar-refractivity contribution is 7.90. The molecule has 2 aliphatic heterocycles. The molecule has 2 aromatic carbocycles. The Morgan fingerprint density at radius 3 is 2.31 bits per heavy atom. The minimum Gasteiger partial charge on any atom is -0.457 e. The molecule has 270 valence electrons. The molecular formula is C37H54FN3O6SSi. The van der Waals surface area contributed by atoms with Crippen LogP contribution >= 0.6 is 0 Å². The van der Waals surface area contributed by atoms with Crippen molar-refractivity contribution >= 4 is 36.0 Å². The Morgan fingerprint density at radius 2 is 1.76 bits per heavy atom. The molecule has 1 N–H and O–H groups in total. The molecule has 0 saturated carbocycles. The van der Waals surface area contributed by atoms with E-state index in [-0.39, 0.29) is 23.6 Å². The van der Waals surface area contributed by atoms with Crippen LogP contribution in [0.25, 0.3) is 5.57 Å². The summed E-state index contributed by atoms with van der Waals surface area (Å²) in [6.07, 6.45) is 2.98. The molecule has 0 spiro atoms. The van der Waals surface area contributed by atoms with Crippen molar-refractivity contribution < 1.29 is 31.5 Å². The van der Waals surface area contributed by atoms with Crippen LogP contribution in [0.1, 0.15) is 91.0 Å². The van der Waals surface area contributed by atoms with Gasteiger partial charge >= 0.3 is 6.09 Å². The smallest absolute Gasteiger partial charge is 0.410 e. The second-order valence-corrected chi connectivity index (χ2v) is 22.7. The first-order valence-corrected chi connectivity index (χ1v) is 21.5. The van der Waals surface area contributed by atoms with Gasteiger partial charge in [-0.25, -0.2) is 27.3 Å². The van der Waals surface area contributed by atoms with Crippen LogP contribution in [-0.4, -0.2) is 69.9 Å². The third-order valence-electron chi connectivity index (χ3n) is 9.54. The zero-order valence-corrected chi connectivity index (χ0v) is 32.5. The standard InChI is InChI=1S/C37H54FN3O6SSi/c1-35(2,3)47-34(42)41-22-19-28(20-23-41)27-17-15-26(16-18-27)25-32-37(7,8)46-33(40-48(32,43)44)39-31(29-13-11-12-14-30(29)38)21-24-45-49(9,10)36(4,5)6/h11-19,31-32H,20-25H2,1-10H3,(H,39,40)/t31-,32?/m0/s1. The molecule has 49 heavy (non-hydrogen) atoms. The van der Waals surface area contributed by atoms with E-state index in [4.69, 9.17) is 13.9 Å². The van der Waals surface area contributed by atoms with E-state index in [9.17, 15) is 17.6 Å². The molecule has 2 atom stereocenters. The van der Waals surface area contributed by atoms with Gasteiger partial charge in [-0.15, -0.1) is 0 Å². The van der Waals surface area contributed by atoms with Gasteiger partial charge in [0.05, 0.1) is 6.04 Å². The van der Waals surface area contributed by atoms with Gasteiger partial charge in [0.15, 0.2) is 8.32 Å². The van der Waals surface area contributed by atoms with E-state index in [1.807, 2.05) is 51.1 Å². The summed E-state index contributed by atoms with van der Waals surface area (Å²) in [5.41, 5.74) is 1.67. The van der Waals surface area contributed by atoms with Gasteiger partial charge < -0.3 is 18.8 Å². The van der Waals surface area contributed by atoms with Gasteiger partial charge in [-0.3, -0.25) is 0 Å². The number of nitrogens with one attached hydrogen (secondary N) is 1. The Bertz CT molecular complexity index is 1660. The molecular weight excluding hydrogens is 662 g/mol. The number of carbonyl (C=O) groups is 1. The molecule has 4 rings (SSSR count). The summed E-state index contributed by atoms with van der Waals surface area (Å²) in [6.45, 7) is 21.2. The summed E-state index contributed by atoms with van der Waals surface area (Å²) in [7, 11) is -5.99. The SMILES string of the molecule is CC(C)(C)OC(=O)N1CC=C(c2ccc(CC3C(C)(C)OC(=N[C@@H](CCO[Si](C)(C)C(C)(C)C)c4ccccc4F)NS3(=O)=O)cc2)CC1. The molecule has 1 unspecified atom stereocenters. The molecule has 9 nitrogen and oxygen atoms in total. The number of hydrogen-bond acceptors (Lipinski definition) is 7. The minimum atomic E-state index is -3.92. The highest BCUT2D eigenvalue weighted by Crippen LogP contribution is 2.37. The van der Waals surface area contributed by atoms with Crippen LogP contribution in [-0.2, 0) is 30.3 Å². The van der Waals surface area contributed by atoms with Crippen LogP contribution in [0.15, 0.2) is 59.6 Å². The lowest BCUT2D eigenvalue weighted by molar-refractivity contribution is 0.0270. The van der Waals surface area contributed by atoms with Crippen molar-refractivity contribution in [3.63, 3.8) is 0 Å². The van der Waals surface area contributed by atoms with Gasteiger partial charge in [0.1, 0.15) is 22.3 Å². The third-order valence-corrected chi connectivity index (χ3v) is 16.0. The molecule has 0 aliphatic carbocycles. The van der Waals surface area contributed by atoms with Crippen molar-refractivity contribution in [3.8, 4) is 0 Å². The number of amidine groups is 1. The van der Waals surface area contributed by atoms with Crippen LogP contribution in [0.2, 0.25) is 18.1 Å². The number of carbonyl (C=O) groups excluding carboxylic acids is 1. The van der Waals surface area contributed by atoms with Gasteiger partial charge in [0.2, 0.25) is 10.0 Å². The number of amides is 1. The second kappa shape index (κ2) is 14.6. The average molecular weight is 716 g/mol. The summed E-state index contributed by atoms with van der Waals surface area (Å²) >= 11 is 0. The molecule has 1 amide bonds. The maximum absolute atomic E-state index is 15.0. The first-order chi connectivity index (χ1) is 22.6. The largest absolute Gasteiger partial charge is 0.457 e. The van der Waals surface area contributed by atoms with Gasteiger partial charge in [-0.1, -0.05) is 69.3 Å². The maximum Gasteiger partial charge on any atom is 0.410 e. The number of nitrogens with zero attached hydrogens (tertiary/aromatic N) is 2. The van der Waals surface area contributed by atoms with Crippen molar-refractivity contribution in [1.82, 2.24) is 9.62 Å². The zero-order chi connectivity index (χ0) is 36.4. The van der Waals surface area contributed by atoms with Crippen molar-refractivity contribution in [2.75, 3.05) is 19.7 Å². The fourth-order valence-corrected chi connectivity index (χ4v) is 8.37. The lowest BCUT2D eigenvalue weighted by atomic mass is 9.94. The lowest BCUT2D eigenvalue weighted by Gasteiger charge is -2.39. The molecule has 2 aromatic rings. The molecule has 0 aromatic heterocycles. The van der Waals surface area contributed by atoms with Crippen LogP contribution in [0, 0.1) is 5.82 Å². The second-order valence-electron chi connectivity index (χ2n) is 16.0. The number of aliphatic imine (C=N–C) groups is 1. The van der Waals surface area contributed by atoms with E-state index >= 15 is 0 Å². The highest BCUT2D eigenvalue weighted by Gasteiger charge is 2.47. The Morgan fingerprint density at radius 1 is 1.10 bits per heavy atom. The van der Waals surface area contributed by atoms with E-state index in [0.29, 0.717) is 38.1 Å². The van der Waals surface area contributed by atoms with Crippen molar-refractivity contribution in [1.29, 1.82) is 0 Å². The molecule has 2 aliphatic rings. The van der Waals surface area contributed by atoms with Crippen LogP contribution in [0.5, 0.6) is 0 Å². The van der Waals surface area contributed by atoms with Crippen LogP contribution in [0.4, 0.5) is 9.18 Å². The predicted octanol–water partition coefficient (Wildman–Crippen LogP) is 8.00. The zero-order valence-electron chi connectivity index (χ0n) is 30.7. The van der Waals surface area contributed by atoms with Crippen molar-refractivity contribution in [2.24, 2.45) is 4.99 Å². The minimum absolute atomic E-state index is 0.00615. The summed E-state index contributed by atoms with van der Waals surface area (Å²) in [5, 5.41) is -0.901. The fraction of sp³-hybridized carbons (Fsp3) is 0.568. The van der Waals surface area contributed by atoms with E-state index < -0.39 is 46.7 Å². The van der Waals surface area contributed by atoms with E-state index in [1.54, 1.807) is 36.9 Å². The number of ether oxygens (including phenoxy) is 2. The summed E-state index contributed by atoms with van der Waals surface area (Å²) < 4.78 is 63.1. The van der Waals surface area contributed by atoms with E-state index in [0.717, 1.165) is 16.7 Å². The van der Waals surface area contributed by atoms with E-state index in [1.165, 1.54) is 6.07 Å². The van der Waals surface area contributed by atoms with Gasteiger partial charge in [-0.05, 0) is 94.8 Å². The quantitative estimate of drug-likeness (QED) is 0.264. The van der Waals surface area contributed by atoms with Gasteiger partial charge in [0.25, 0.3) is 6.02 Å². The molecule has 0 radical (unpaired) electrons. The third kappa shape index (κ3) is 9.94. The van der Waals surface area contributed by atoms with Crippen molar-refractivity contribution in [2.45, 2.75) is 115 Å². The Balaban J connectivity index is 1.47. The summed E-state index contributed by atoms with van der Waals surface area (Å²) in [4.78, 5) is 18.8. The van der Waals surface area contributed by atoms with Crippen LogP contribution in [0.3, 0.4) is 0 Å². The molecule has 0 bridgehead atoms. The highest BCUT2D eigenvalue weighted by atomic mass is 32.2. The van der Waals surface area contributed by atoms with Crippen molar-refractivity contribution in [3.05, 3.63) is 77.1 Å². The number of halogens is 1. The first-order valence-electron chi connectivity index (χ1n) is 17.0. The lowest BCUT2D eigenvalue weighted by Crippen LogP contribution is -2.59. The molecule has 1 fully saturated rings. The molecule has 12 heteroatoms. The number of hydrogen-bond donors (Lipinski definition) is 1. The first kappa shape index (κ1) is 38.6. The predicted molar refractivity (Wildman–Crippen MR) is 196 cm³/mol.